The Labute approximate surface area is 196 Å². The number of benzene rings is 1. The monoisotopic (exact) mass is 464 g/mol. The fraction of sp³-hybridized carbons (Fsp3) is 0.280. The van der Waals surface area contributed by atoms with Crippen molar-refractivity contribution in [3.8, 4) is 0 Å². The van der Waals surface area contributed by atoms with Crippen LogP contribution in [-0.2, 0) is 9.59 Å². The number of carbonyl (C=O) groups is 3. The van der Waals surface area contributed by atoms with E-state index >= 15 is 0 Å². The fourth-order valence-electron chi connectivity index (χ4n) is 4.11. The highest BCUT2D eigenvalue weighted by Gasteiger charge is 2.35. The minimum Gasteiger partial charge on any atom is -0.459 e. The Hall–Kier alpha value is -4.01. The fourth-order valence-corrected chi connectivity index (χ4v) is 4.11. The highest BCUT2D eigenvalue weighted by molar-refractivity contribution is 6.04. The first kappa shape index (κ1) is 23.2. The van der Waals surface area contributed by atoms with Gasteiger partial charge in [-0.1, -0.05) is 25.0 Å². The smallest absolute Gasteiger partial charge is 0.287 e. The molecule has 0 saturated heterocycles. The summed E-state index contributed by atoms with van der Waals surface area (Å²) < 4.78 is 20.0. The number of nitrogens with zero attached hydrogens (tertiary/aromatic N) is 2. The maximum atomic E-state index is 14.9. The number of nitrogens with one attached hydrogen (secondary N) is 2. The molecule has 34 heavy (non-hydrogen) atoms. The standard InChI is InChI=1S/C25H25FN4O4/c26-19-8-3-4-9-20(19)30(22(31)16-28-24(32)21-10-5-15-34-21)23(17-11-13-27-14-12-17)25(33)29-18-6-1-2-7-18/h3-5,8-15,18,23H,1-2,6-7,16H2,(H,28,32)(H,29,33)/t23-/m0/s1. The first-order chi connectivity index (χ1) is 16.5. The summed E-state index contributed by atoms with van der Waals surface area (Å²) in [5.74, 6) is -2.31. The van der Waals surface area contributed by atoms with Gasteiger partial charge in [-0.25, -0.2) is 4.39 Å². The lowest BCUT2D eigenvalue weighted by molar-refractivity contribution is -0.126. The minimum absolute atomic E-state index is 0.00642. The predicted octanol–water partition coefficient (Wildman–Crippen LogP) is 3.38. The lowest BCUT2D eigenvalue weighted by Gasteiger charge is -2.32. The van der Waals surface area contributed by atoms with E-state index in [0.717, 1.165) is 30.6 Å². The van der Waals surface area contributed by atoms with Crippen molar-refractivity contribution in [2.45, 2.75) is 37.8 Å². The molecule has 8 nitrogen and oxygen atoms in total. The van der Waals surface area contributed by atoms with Crippen LogP contribution in [0, 0.1) is 5.82 Å². The maximum Gasteiger partial charge on any atom is 0.287 e. The minimum atomic E-state index is -1.16. The molecule has 1 saturated carbocycles. The third-order valence-corrected chi connectivity index (χ3v) is 5.76. The Bertz CT molecular complexity index is 1130. The molecule has 2 N–H and O–H groups in total. The molecule has 4 rings (SSSR count). The molecular weight excluding hydrogens is 439 g/mol. The summed E-state index contributed by atoms with van der Waals surface area (Å²) in [6.07, 6.45) is 8.08. The van der Waals surface area contributed by atoms with Crippen molar-refractivity contribution in [1.29, 1.82) is 0 Å². The highest BCUT2D eigenvalue weighted by Crippen LogP contribution is 2.30. The summed E-state index contributed by atoms with van der Waals surface area (Å²) in [5, 5.41) is 5.49. The number of para-hydroxylation sites is 1. The molecule has 0 radical (unpaired) electrons. The number of aromatic nitrogens is 1. The van der Waals surface area contributed by atoms with Gasteiger partial charge in [0.2, 0.25) is 11.8 Å². The maximum absolute atomic E-state index is 14.9. The molecule has 0 spiro atoms. The Kier molecular flexibility index (Phi) is 7.31. The molecule has 1 aliphatic rings. The first-order valence-electron chi connectivity index (χ1n) is 11.1. The van der Waals surface area contributed by atoms with Crippen LogP contribution >= 0.6 is 0 Å². The summed E-state index contributed by atoms with van der Waals surface area (Å²) in [6.45, 7) is -0.466. The summed E-state index contributed by atoms with van der Waals surface area (Å²) in [6, 6.07) is 10.8. The molecule has 1 atom stereocenters. The van der Waals surface area contributed by atoms with E-state index in [0.29, 0.717) is 5.56 Å². The van der Waals surface area contributed by atoms with Gasteiger partial charge in [-0.2, -0.15) is 0 Å². The van der Waals surface area contributed by atoms with E-state index in [9.17, 15) is 18.8 Å². The van der Waals surface area contributed by atoms with Crippen molar-refractivity contribution in [3.05, 3.63) is 84.3 Å². The van der Waals surface area contributed by atoms with Crippen molar-refractivity contribution >= 4 is 23.4 Å². The van der Waals surface area contributed by atoms with E-state index in [4.69, 9.17) is 4.42 Å². The van der Waals surface area contributed by atoms with Crippen LogP contribution in [-0.4, -0.2) is 35.3 Å². The third kappa shape index (κ3) is 5.31. The molecule has 2 aromatic heterocycles. The number of halogens is 1. The van der Waals surface area contributed by atoms with Crippen LogP contribution in [0.25, 0.3) is 0 Å². The van der Waals surface area contributed by atoms with Gasteiger partial charge in [-0.15, -0.1) is 0 Å². The van der Waals surface area contributed by atoms with E-state index in [1.165, 1.54) is 42.9 Å². The zero-order valence-electron chi connectivity index (χ0n) is 18.4. The molecule has 0 bridgehead atoms. The van der Waals surface area contributed by atoms with Gasteiger partial charge in [-0.05, 0) is 54.8 Å². The van der Waals surface area contributed by atoms with E-state index in [-0.39, 0.29) is 17.5 Å². The molecule has 3 aromatic rings. The predicted molar refractivity (Wildman–Crippen MR) is 122 cm³/mol. The summed E-state index contributed by atoms with van der Waals surface area (Å²) in [4.78, 5) is 44.3. The number of carbonyl (C=O) groups excluding carboxylic acids is 3. The van der Waals surface area contributed by atoms with E-state index < -0.39 is 36.1 Å². The van der Waals surface area contributed by atoms with E-state index in [2.05, 4.69) is 15.6 Å². The van der Waals surface area contributed by atoms with Crippen LogP contribution in [0.15, 0.2) is 71.6 Å². The second-order valence-electron chi connectivity index (χ2n) is 8.05. The quantitative estimate of drug-likeness (QED) is 0.532. The van der Waals surface area contributed by atoms with E-state index in [1.54, 1.807) is 24.3 Å². The van der Waals surface area contributed by atoms with Crippen molar-refractivity contribution in [3.63, 3.8) is 0 Å². The van der Waals surface area contributed by atoms with Crippen LogP contribution in [0.5, 0.6) is 0 Å². The Morgan fingerprint density at radius 1 is 1.06 bits per heavy atom. The van der Waals surface area contributed by atoms with Crippen LogP contribution in [0.1, 0.15) is 47.8 Å². The second kappa shape index (κ2) is 10.7. The van der Waals surface area contributed by atoms with Crippen molar-refractivity contribution in [2.75, 3.05) is 11.4 Å². The summed E-state index contributed by atoms with van der Waals surface area (Å²) >= 11 is 0. The van der Waals surface area contributed by atoms with Gasteiger partial charge in [0.1, 0.15) is 11.9 Å². The molecule has 1 aliphatic carbocycles. The number of amides is 3. The molecule has 1 fully saturated rings. The molecule has 9 heteroatoms. The number of hydrogen-bond acceptors (Lipinski definition) is 5. The molecule has 1 aromatic carbocycles. The zero-order chi connectivity index (χ0) is 23.9. The highest BCUT2D eigenvalue weighted by atomic mass is 19.1. The number of furan rings is 1. The van der Waals surface area contributed by atoms with Crippen LogP contribution in [0.2, 0.25) is 0 Å². The molecule has 2 heterocycles. The lowest BCUT2D eigenvalue weighted by Crippen LogP contribution is -2.49. The largest absolute Gasteiger partial charge is 0.459 e. The Morgan fingerprint density at radius 3 is 2.47 bits per heavy atom. The number of anilines is 1. The normalized spacial score (nSPS) is 14.4. The molecule has 0 unspecified atom stereocenters. The van der Waals surface area contributed by atoms with Gasteiger partial charge in [0.05, 0.1) is 18.5 Å². The van der Waals surface area contributed by atoms with Crippen molar-refractivity contribution < 1.29 is 23.2 Å². The number of hydrogen-bond donors (Lipinski definition) is 2. The summed E-state index contributed by atoms with van der Waals surface area (Å²) in [7, 11) is 0. The van der Waals surface area contributed by atoms with Crippen LogP contribution in [0.3, 0.4) is 0 Å². The zero-order valence-corrected chi connectivity index (χ0v) is 18.4. The Balaban J connectivity index is 1.67. The Morgan fingerprint density at radius 2 is 1.79 bits per heavy atom. The van der Waals surface area contributed by atoms with Gasteiger partial charge >= 0.3 is 0 Å². The number of rotatable bonds is 8. The summed E-state index contributed by atoms with van der Waals surface area (Å²) in [5.41, 5.74) is 0.405. The SMILES string of the molecule is O=C(NCC(=O)N(c1ccccc1F)[C@H](C(=O)NC1CCCC1)c1ccncc1)c1ccco1. The van der Waals surface area contributed by atoms with Crippen LogP contribution < -0.4 is 15.5 Å². The van der Waals surface area contributed by atoms with Crippen molar-refractivity contribution in [1.82, 2.24) is 15.6 Å². The average molecular weight is 464 g/mol. The molecule has 3 amide bonds. The third-order valence-electron chi connectivity index (χ3n) is 5.76. The molecule has 176 valence electrons. The second-order valence-corrected chi connectivity index (χ2v) is 8.05. The van der Waals surface area contributed by atoms with Crippen LogP contribution in [0.4, 0.5) is 10.1 Å². The van der Waals surface area contributed by atoms with E-state index in [1.807, 2.05) is 0 Å². The van der Waals surface area contributed by atoms with Gasteiger partial charge in [0.25, 0.3) is 5.91 Å². The van der Waals surface area contributed by atoms with Gasteiger partial charge < -0.3 is 15.1 Å². The first-order valence-corrected chi connectivity index (χ1v) is 11.1. The van der Waals surface area contributed by atoms with Crippen molar-refractivity contribution in [2.24, 2.45) is 0 Å². The van der Waals surface area contributed by atoms with Gasteiger partial charge in [-0.3, -0.25) is 24.3 Å². The molecular formula is C25H25FN4O4. The topological polar surface area (TPSA) is 105 Å². The van der Waals surface area contributed by atoms with Gasteiger partial charge in [0.15, 0.2) is 5.76 Å². The molecule has 0 aliphatic heterocycles. The lowest BCUT2D eigenvalue weighted by atomic mass is 10.0. The van der Waals surface area contributed by atoms with Gasteiger partial charge in [0, 0.05) is 18.4 Å². The number of pyridine rings is 1. The average Bonchev–Trinajstić information content (AvgIpc) is 3.56.